The van der Waals surface area contributed by atoms with Gasteiger partial charge >= 0.3 is 6.03 Å². The number of carbonyl (C=O) groups is 1. The highest BCUT2D eigenvalue weighted by molar-refractivity contribution is 6.00. The normalized spacial score (nSPS) is 13.2. The Morgan fingerprint density at radius 2 is 2.04 bits per heavy atom. The number of hydrogen-bond donors (Lipinski definition) is 1. The van der Waals surface area contributed by atoms with Gasteiger partial charge in [0.25, 0.3) is 0 Å². The van der Waals surface area contributed by atoms with Crippen LogP contribution in [-0.4, -0.2) is 41.7 Å². The number of anilines is 2. The van der Waals surface area contributed by atoms with E-state index in [-0.39, 0.29) is 12.0 Å². The molecule has 0 spiro atoms. The van der Waals surface area contributed by atoms with Gasteiger partial charge in [-0.05, 0) is 24.5 Å². The second-order valence-corrected chi connectivity index (χ2v) is 5.61. The molecule has 2 aromatic heterocycles. The second kappa shape index (κ2) is 7.86. The zero-order valence-corrected chi connectivity index (χ0v) is 14.5. The Kier molecular flexibility index (Phi) is 5.36. The number of hydrogen-bond acceptors (Lipinski definition) is 7. The first-order valence-corrected chi connectivity index (χ1v) is 8.02. The first kappa shape index (κ1) is 17.7. The number of rotatable bonds is 4. The van der Waals surface area contributed by atoms with Crippen LogP contribution in [0.25, 0.3) is 0 Å². The van der Waals surface area contributed by atoms with Crippen molar-refractivity contribution in [3.63, 3.8) is 0 Å². The van der Waals surface area contributed by atoms with Crippen molar-refractivity contribution in [3.8, 4) is 6.07 Å². The van der Waals surface area contributed by atoms with Crippen molar-refractivity contribution in [3.05, 3.63) is 41.3 Å². The van der Waals surface area contributed by atoms with Gasteiger partial charge in [-0.25, -0.2) is 19.7 Å². The molecule has 0 aliphatic carbocycles. The molecular formula is C17H18N6O3. The van der Waals surface area contributed by atoms with E-state index in [0.29, 0.717) is 23.6 Å². The molecule has 1 aliphatic rings. The van der Waals surface area contributed by atoms with Crippen molar-refractivity contribution < 1.29 is 14.3 Å². The van der Waals surface area contributed by atoms with Gasteiger partial charge in [-0.15, -0.1) is 0 Å². The monoisotopic (exact) mass is 354 g/mol. The van der Waals surface area contributed by atoms with Crippen LogP contribution in [0.15, 0.2) is 24.5 Å². The largest absolute Gasteiger partial charge is 0.350 e. The number of pyridine rings is 1. The lowest BCUT2D eigenvalue weighted by Crippen LogP contribution is -2.40. The van der Waals surface area contributed by atoms with Crippen LogP contribution in [0.5, 0.6) is 0 Å². The van der Waals surface area contributed by atoms with Crippen LogP contribution in [0, 0.1) is 11.3 Å². The molecule has 134 valence electrons. The van der Waals surface area contributed by atoms with Crippen molar-refractivity contribution >= 4 is 17.8 Å². The number of amides is 2. The first-order chi connectivity index (χ1) is 12.7. The summed E-state index contributed by atoms with van der Waals surface area (Å²) in [5, 5.41) is 11.4. The van der Waals surface area contributed by atoms with E-state index in [1.54, 1.807) is 4.90 Å². The smallest absolute Gasteiger partial charge is 0.329 e. The fraction of sp³-hybridized carbons (Fsp3) is 0.353. The predicted molar refractivity (Wildman–Crippen MR) is 92.4 cm³/mol. The lowest BCUT2D eigenvalue weighted by atomic mass is 10.1. The summed E-state index contributed by atoms with van der Waals surface area (Å²) in [5.41, 5.74) is 1.88. The maximum absolute atomic E-state index is 12.7. The molecule has 0 atom stereocenters. The fourth-order valence-electron chi connectivity index (χ4n) is 2.73. The average Bonchev–Trinajstić information content (AvgIpc) is 2.69. The summed E-state index contributed by atoms with van der Waals surface area (Å²) < 4.78 is 10.5. The van der Waals surface area contributed by atoms with Crippen molar-refractivity contribution in [2.75, 3.05) is 31.0 Å². The maximum atomic E-state index is 12.7. The molecule has 0 saturated heterocycles. The number of nitrogens with zero attached hydrogens (tertiary/aromatic N) is 5. The van der Waals surface area contributed by atoms with Gasteiger partial charge in [0.05, 0.1) is 23.7 Å². The van der Waals surface area contributed by atoms with Crippen LogP contribution in [0.3, 0.4) is 0 Å². The van der Waals surface area contributed by atoms with Crippen molar-refractivity contribution in [2.45, 2.75) is 19.1 Å². The Morgan fingerprint density at radius 3 is 2.69 bits per heavy atom. The zero-order chi connectivity index (χ0) is 18.5. The maximum Gasteiger partial charge on any atom is 0.329 e. The molecule has 1 N–H and O–H groups in total. The van der Waals surface area contributed by atoms with Gasteiger partial charge < -0.3 is 9.47 Å². The van der Waals surface area contributed by atoms with Crippen molar-refractivity contribution in [1.29, 1.82) is 5.26 Å². The van der Waals surface area contributed by atoms with E-state index in [2.05, 4.69) is 20.3 Å². The quantitative estimate of drug-likeness (QED) is 0.836. The van der Waals surface area contributed by atoms with Crippen LogP contribution < -0.4 is 10.2 Å². The van der Waals surface area contributed by atoms with Gasteiger partial charge in [0.2, 0.25) is 12.2 Å². The summed E-state index contributed by atoms with van der Waals surface area (Å²) in [6.45, 7) is 0.524. The summed E-state index contributed by atoms with van der Waals surface area (Å²) in [6.07, 6.45) is 3.77. The highest BCUT2D eigenvalue weighted by atomic mass is 16.7. The lowest BCUT2D eigenvalue weighted by Gasteiger charge is -2.29. The SMILES string of the molecule is COC(OC)c1ccc2c(n1)N(C(=O)Nc1ncc(C#N)cn1)CCC2. The van der Waals surface area contributed by atoms with Crippen LogP contribution in [-0.2, 0) is 15.9 Å². The minimum Gasteiger partial charge on any atom is -0.350 e. The molecule has 1 aliphatic heterocycles. The van der Waals surface area contributed by atoms with E-state index in [0.717, 1.165) is 18.4 Å². The highest BCUT2D eigenvalue weighted by Crippen LogP contribution is 2.28. The number of carbonyl (C=O) groups excluding carboxylic acids is 1. The minimum absolute atomic E-state index is 0.129. The molecule has 3 rings (SSSR count). The van der Waals surface area contributed by atoms with Crippen LogP contribution >= 0.6 is 0 Å². The Hall–Kier alpha value is -3.09. The number of urea groups is 1. The molecule has 0 radical (unpaired) electrons. The van der Waals surface area contributed by atoms with Crippen LogP contribution in [0.1, 0.15) is 29.5 Å². The highest BCUT2D eigenvalue weighted by Gasteiger charge is 2.26. The van der Waals surface area contributed by atoms with E-state index < -0.39 is 6.29 Å². The minimum atomic E-state index is -0.603. The molecule has 0 bridgehead atoms. The van der Waals surface area contributed by atoms with Gasteiger partial charge in [-0.2, -0.15) is 5.26 Å². The van der Waals surface area contributed by atoms with Crippen LogP contribution in [0.2, 0.25) is 0 Å². The van der Waals surface area contributed by atoms with Gasteiger partial charge in [-0.3, -0.25) is 10.2 Å². The molecule has 2 aromatic rings. The second-order valence-electron chi connectivity index (χ2n) is 5.61. The molecule has 26 heavy (non-hydrogen) atoms. The van der Waals surface area contributed by atoms with Gasteiger partial charge in [-0.1, -0.05) is 6.07 Å². The number of ether oxygens (including phenoxy) is 2. The standard InChI is InChI=1S/C17H18N6O3/c1-25-15(26-2)13-6-5-12-4-3-7-23(14(12)21-13)17(24)22-16-19-9-11(8-18)10-20-16/h5-6,9-10,15H,3-4,7H2,1-2H3,(H,19,20,22,24). The predicted octanol–water partition coefficient (Wildman–Crippen LogP) is 2.02. The molecule has 0 saturated carbocycles. The first-order valence-electron chi connectivity index (χ1n) is 8.02. The van der Waals surface area contributed by atoms with Crippen molar-refractivity contribution in [1.82, 2.24) is 15.0 Å². The summed E-state index contributed by atoms with van der Waals surface area (Å²) in [7, 11) is 3.06. The van der Waals surface area contributed by atoms with E-state index in [4.69, 9.17) is 14.7 Å². The Labute approximate surface area is 150 Å². The van der Waals surface area contributed by atoms with Gasteiger partial charge in [0.15, 0.2) is 0 Å². The Balaban J connectivity index is 1.84. The third-order valence-electron chi connectivity index (χ3n) is 3.98. The third-order valence-corrected chi connectivity index (χ3v) is 3.98. The molecule has 0 aromatic carbocycles. The van der Waals surface area contributed by atoms with Crippen LogP contribution in [0.4, 0.5) is 16.6 Å². The van der Waals surface area contributed by atoms with Gasteiger partial charge in [0.1, 0.15) is 11.9 Å². The third kappa shape index (κ3) is 3.61. The number of nitrogens with one attached hydrogen (secondary N) is 1. The number of fused-ring (bicyclic) bond motifs is 1. The van der Waals surface area contributed by atoms with Gasteiger partial charge in [0, 0.05) is 20.8 Å². The number of aromatic nitrogens is 3. The van der Waals surface area contributed by atoms with E-state index in [1.807, 2.05) is 18.2 Å². The molecule has 3 heterocycles. The molecule has 0 fully saturated rings. The summed E-state index contributed by atoms with van der Waals surface area (Å²) in [4.78, 5) is 26.7. The number of methoxy groups -OCH3 is 2. The lowest BCUT2D eigenvalue weighted by molar-refractivity contribution is -0.108. The zero-order valence-electron chi connectivity index (χ0n) is 14.5. The van der Waals surface area contributed by atoms with E-state index in [1.165, 1.54) is 26.6 Å². The Morgan fingerprint density at radius 1 is 1.31 bits per heavy atom. The molecular weight excluding hydrogens is 336 g/mol. The van der Waals surface area contributed by atoms with E-state index >= 15 is 0 Å². The Bertz CT molecular complexity index is 829. The number of nitriles is 1. The molecule has 0 unspecified atom stereocenters. The summed E-state index contributed by atoms with van der Waals surface area (Å²) in [5.74, 6) is 0.697. The van der Waals surface area contributed by atoms with E-state index in [9.17, 15) is 4.79 Å². The molecule has 9 heteroatoms. The topological polar surface area (TPSA) is 113 Å². The number of aryl methyl sites for hydroxylation is 1. The fourth-order valence-corrected chi connectivity index (χ4v) is 2.73. The van der Waals surface area contributed by atoms with Crippen molar-refractivity contribution in [2.24, 2.45) is 0 Å². The average molecular weight is 354 g/mol. The molecule has 2 amide bonds. The molecule has 9 nitrogen and oxygen atoms in total. The summed E-state index contributed by atoms with van der Waals surface area (Å²) >= 11 is 0. The summed E-state index contributed by atoms with van der Waals surface area (Å²) in [6, 6.07) is 5.31.